The van der Waals surface area contributed by atoms with Gasteiger partial charge in [-0.1, -0.05) is 11.6 Å². The molecule has 2 N–H and O–H groups in total. The molecule has 0 aliphatic carbocycles. The van der Waals surface area contributed by atoms with E-state index in [2.05, 4.69) is 10.3 Å². The number of nitrogens with zero attached hydrogens (tertiary/aromatic N) is 1. The van der Waals surface area contributed by atoms with Crippen molar-refractivity contribution in [1.82, 2.24) is 4.98 Å². The third kappa shape index (κ3) is 2.95. The molecule has 102 valence electrons. The van der Waals surface area contributed by atoms with Crippen molar-refractivity contribution in [3.8, 4) is 0 Å². The molecular weight excluding hydrogens is 280 g/mol. The van der Waals surface area contributed by atoms with E-state index >= 15 is 0 Å². The van der Waals surface area contributed by atoms with E-state index in [0.29, 0.717) is 16.1 Å². The minimum atomic E-state index is -1.15. The molecule has 5 nitrogen and oxygen atoms in total. The summed E-state index contributed by atoms with van der Waals surface area (Å²) in [6, 6.07) is 7.70. The minimum absolute atomic E-state index is 0.0133. The molecule has 1 aromatic heterocycles. The maximum absolute atomic E-state index is 12.1. The quantitative estimate of drug-likeness (QED) is 0.911. The number of carbonyl (C=O) groups is 2. The minimum Gasteiger partial charge on any atom is -0.478 e. The third-order valence-corrected chi connectivity index (χ3v) is 2.94. The second-order valence-corrected chi connectivity index (χ2v) is 4.55. The maximum Gasteiger partial charge on any atom is 0.339 e. The fourth-order valence-electron chi connectivity index (χ4n) is 1.73. The second kappa shape index (κ2) is 5.71. The van der Waals surface area contributed by atoms with E-state index in [4.69, 9.17) is 16.7 Å². The van der Waals surface area contributed by atoms with Crippen LogP contribution in [0.1, 0.15) is 26.3 Å². The van der Waals surface area contributed by atoms with E-state index in [1.165, 1.54) is 18.3 Å². The third-order valence-electron chi connectivity index (χ3n) is 2.70. The molecule has 1 amide bonds. The molecule has 0 fully saturated rings. The van der Waals surface area contributed by atoms with Gasteiger partial charge < -0.3 is 10.4 Å². The van der Waals surface area contributed by atoms with E-state index in [0.717, 1.165) is 0 Å². The van der Waals surface area contributed by atoms with Crippen molar-refractivity contribution >= 4 is 29.3 Å². The zero-order valence-electron chi connectivity index (χ0n) is 10.6. The Kier molecular flexibility index (Phi) is 4.00. The molecule has 1 heterocycles. The van der Waals surface area contributed by atoms with Crippen LogP contribution in [-0.4, -0.2) is 22.0 Å². The van der Waals surface area contributed by atoms with Crippen molar-refractivity contribution in [2.75, 3.05) is 5.32 Å². The van der Waals surface area contributed by atoms with Crippen LogP contribution in [0.3, 0.4) is 0 Å². The van der Waals surface area contributed by atoms with Crippen LogP contribution in [0.4, 0.5) is 5.82 Å². The average Bonchev–Trinajstić information content (AvgIpc) is 2.38. The smallest absolute Gasteiger partial charge is 0.339 e. The van der Waals surface area contributed by atoms with Crippen LogP contribution in [0.15, 0.2) is 36.5 Å². The van der Waals surface area contributed by atoms with Crippen molar-refractivity contribution in [3.05, 3.63) is 58.2 Å². The summed E-state index contributed by atoms with van der Waals surface area (Å²) in [5, 5.41) is 12.1. The number of rotatable bonds is 3. The number of aromatic nitrogens is 1. The van der Waals surface area contributed by atoms with Gasteiger partial charge in [-0.05, 0) is 42.8 Å². The first-order valence-electron chi connectivity index (χ1n) is 5.75. The molecular formula is C14H11ClN2O3. The Morgan fingerprint density at radius 2 is 2.00 bits per heavy atom. The molecule has 2 rings (SSSR count). The largest absolute Gasteiger partial charge is 0.478 e. The normalized spacial score (nSPS) is 10.1. The predicted octanol–water partition coefficient (Wildman–Crippen LogP) is 2.99. The number of nitrogens with one attached hydrogen (secondary N) is 1. The number of aryl methyl sites for hydroxylation is 1. The zero-order valence-corrected chi connectivity index (χ0v) is 11.3. The van der Waals surface area contributed by atoms with Crippen LogP contribution in [-0.2, 0) is 0 Å². The van der Waals surface area contributed by atoms with Gasteiger partial charge >= 0.3 is 5.97 Å². The highest BCUT2D eigenvalue weighted by Crippen LogP contribution is 2.18. The lowest BCUT2D eigenvalue weighted by Gasteiger charge is -2.09. The summed E-state index contributed by atoms with van der Waals surface area (Å²) in [5.41, 5.74) is 1.05. The molecule has 0 saturated heterocycles. The number of amides is 1. The first kappa shape index (κ1) is 14.0. The number of benzene rings is 1. The molecule has 0 bridgehead atoms. The first-order chi connectivity index (χ1) is 9.49. The van der Waals surface area contributed by atoms with Gasteiger partial charge in [0, 0.05) is 16.8 Å². The molecule has 0 aliphatic heterocycles. The van der Waals surface area contributed by atoms with Gasteiger partial charge in [-0.3, -0.25) is 4.79 Å². The van der Waals surface area contributed by atoms with Gasteiger partial charge in [0.15, 0.2) is 0 Å². The summed E-state index contributed by atoms with van der Waals surface area (Å²) in [6.07, 6.45) is 1.41. The van der Waals surface area contributed by atoms with Gasteiger partial charge in [0.05, 0.1) is 0 Å². The second-order valence-electron chi connectivity index (χ2n) is 4.12. The Labute approximate surface area is 120 Å². The predicted molar refractivity (Wildman–Crippen MR) is 75.3 cm³/mol. The van der Waals surface area contributed by atoms with Crippen LogP contribution < -0.4 is 5.32 Å². The van der Waals surface area contributed by atoms with E-state index in [-0.39, 0.29) is 11.4 Å². The molecule has 0 radical (unpaired) electrons. The number of carboxylic acids is 1. The molecule has 1 aromatic carbocycles. The number of halogens is 1. The van der Waals surface area contributed by atoms with E-state index in [1.54, 1.807) is 25.1 Å². The van der Waals surface area contributed by atoms with Crippen LogP contribution in [0.5, 0.6) is 0 Å². The van der Waals surface area contributed by atoms with Crippen molar-refractivity contribution in [2.45, 2.75) is 6.92 Å². The molecule has 0 atom stereocenters. The van der Waals surface area contributed by atoms with Gasteiger partial charge in [0.1, 0.15) is 11.4 Å². The lowest BCUT2D eigenvalue weighted by molar-refractivity contribution is 0.0697. The summed E-state index contributed by atoms with van der Waals surface area (Å²) in [6.45, 7) is 1.75. The fraction of sp³-hybridized carbons (Fsp3) is 0.0714. The van der Waals surface area contributed by atoms with Crippen molar-refractivity contribution in [2.24, 2.45) is 0 Å². The van der Waals surface area contributed by atoms with Gasteiger partial charge in [-0.2, -0.15) is 0 Å². The van der Waals surface area contributed by atoms with Crippen molar-refractivity contribution < 1.29 is 14.7 Å². The van der Waals surface area contributed by atoms with Crippen molar-refractivity contribution in [1.29, 1.82) is 0 Å². The molecule has 20 heavy (non-hydrogen) atoms. The molecule has 2 aromatic rings. The summed E-state index contributed by atoms with van der Waals surface area (Å²) >= 11 is 5.83. The number of hydrogen-bond acceptors (Lipinski definition) is 3. The van der Waals surface area contributed by atoms with Gasteiger partial charge in [0.25, 0.3) is 5.91 Å². The highest BCUT2D eigenvalue weighted by Gasteiger charge is 2.15. The van der Waals surface area contributed by atoms with Gasteiger partial charge in [0.2, 0.25) is 0 Å². The Morgan fingerprint density at radius 3 is 2.65 bits per heavy atom. The summed E-state index contributed by atoms with van der Waals surface area (Å²) < 4.78 is 0. The molecule has 0 saturated carbocycles. The standard InChI is InChI=1S/C14H11ClN2O3/c1-8-7-9(15)4-5-10(8)13(18)17-12-11(14(19)20)3-2-6-16-12/h2-7H,1H3,(H,19,20)(H,16,17,18). The SMILES string of the molecule is Cc1cc(Cl)ccc1C(=O)Nc1ncccc1C(=O)O. The Hall–Kier alpha value is -2.40. The number of carbonyl (C=O) groups excluding carboxylic acids is 1. The fourth-order valence-corrected chi connectivity index (χ4v) is 1.96. The highest BCUT2D eigenvalue weighted by molar-refractivity contribution is 6.30. The Bertz CT molecular complexity index is 686. The summed E-state index contributed by atoms with van der Waals surface area (Å²) in [5.74, 6) is -1.57. The average molecular weight is 291 g/mol. The van der Waals surface area contributed by atoms with Crippen LogP contribution in [0.2, 0.25) is 5.02 Å². The number of aromatic carboxylic acids is 1. The lowest BCUT2D eigenvalue weighted by atomic mass is 10.1. The molecule has 0 unspecified atom stereocenters. The monoisotopic (exact) mass is 290 g/mol. The van der Waals surface area contributed by atoms with E-state index < -0.39 is 11.9 Å². The summed E-state index contributed by atoms with van der Waals surface area (Å²) in [7, 11) is 0. The number of anilines is 1. The lowest BCUT2D eigenvalue weighted by Crippen LogP contribution is -2.17. The Morgan fingerprint density at radius 1 is 1.25 bits per heavy atom. The summed E-state index contributed by atoms with van der Waals surface area (Å²) in [4.78, 5) is 27.1. The number of pyridine rings is 1. The van der Waals surface area contributed by atoms with Gasteiger partial charge in [-0.25, -0.2) is 9.78 Å². The van der Waals surface area contributed by atoms with Crippen LogP contribution in [0, 0.1) is 6.92 Å². The van der Waals surface area contributed by atoms with Gasteiger partial charge in [-0.15, -0.1) is 0 Å². The van der Waals surface area contributed by atoms with E-state index in [1.807, 2.05) is 0 Å². The van der Waals surface area contributed by atoms with Crippen LogP contribution in [0.25, 0.3) is 0 Å². The maximum atomic E-state index is 12.1. The number of carboxylic acid groups (broad SMARTS) is 1. The topological polar surface area (TPSA) is 79.3 Å². The number of hydrogen-bond donors (Lipinski definition) is 2. The van der Waals surface area contributed by atoms with Crippen molar-refractivity contribution in [3.63, 3.8) is 0 Å². The van der Waals surface area contributed by atoms with Crippen LogP contribution >= 0.6 is 11.6 Å². The zero-order chi connectivity index (χ0) is 14.7. The molecule has 0 aliphatic rings. The highest BCUT2D eigenvalue weighted by atomic mass is 35.5. The van der Waals surface area contributed by atoms with E-state index in [9.17, 15) is 9.59 Å². The Balaban J connectivity index is 2.30. The molecule has 0 spiro atoms. The molecule has 6 heteroatoms. The first-order valence-corrected chi connectivity index (χ1v) is 6.12.